The summed E-state index contributed by atoms with van der Waals surface area (Å²) in [6.45, 7) is 8.45. The average Bonchev–Trinajstić information content (AvgIpc) is 2.34. The Bertz CT molecular complexity index is 411. The van der Waals surface area contributed by atoms with Crippen molar-refractivity contribution in [1.82, 2.24) is 5.32 Å². The van der Waals surface area contributed by atoms with E-state index in [1.54, 1.807) is 25.3 Å². The van der Waals surface area contributed by atoms with Crippen LogP contribution in [0.4, 0.5) is 0 Å². The number of methoxy groups -OCH3 is 1. The second-order valence-corrected chi connectivity index (χ2v) is 4.27. The Hall–Kier alpha value is -1.77. The zero-order valence-corrected chi connectivity index (χ0v) is 10.6. The smallest absolute Gasteiger partial charge is 0.255 e. The molecule has 1 aromatic rings. The Morgan fingerprint density at radius 3 is 2.76 bits per heavy atom. The third kappa shape index (κ3) is 3.63. The Morgan fingerprint density at radius 2 is 2.24 bits per heavy atom. The first-order chi connectivity index (χ1) is 8.08. The number of hydrogen-bond acceptors (Lipinski definition) is 2. The summed E-state index contributed by atoms with van der Waals surface area (Å²) in [5, 5.41) is 2.87. The quantitative estimate of drug-likeness (QED) is 0.849. The molecule has 0 aliphatic carbocycles. The second kappa shape index (κ2) is 6.09. The summed E-state index contributed by atoms with van der Waals surface area (Å²) >= 11 is 0. The highest BCUT2D eigenvalue weighted by atomic mass is 16.5. The van der Waals surface area contributed by atoms with E-state index in [0.29, 0.717) is 23.8 Å². The van der Waals surface area contributed by atoms with Crippen LogP contribution in [0.5, 0.6) is 5.75 Å². The van der Waals surface area contributed by atoms with Gasteiger partial charge in [0, 0.05) is 6.54 Å². The summed E-state index contributed by atoms with van der Waals surface area (Å²) in [6.07, 6.45) is 1.72. The van der Waals surface area contributed by atoms with Crippen LogP contribution in [0.15, 0.2) is 24.8 Å². The minimum atomic E-state index is -0.105. The maximum atomic E-state index is 11.9. The SMILES string of the molecule is C=Cc1ccc(C(=O)NCC(C)C)c(OC)c1. The van der Waals surface area contributed by atoms with Gasteiger partial charge in [-0.05, 0) is 23.6 Å². The van der Waals surface area contributed by atoms with Gasteiger partial charge in [-0.25, -0.2) is 0 Å². The molecule has 0 saturated heterocycles. The molecule has 0 aliphatic rings. The van der Waals surface area contributed by atoms with Crippen molar-refractivity contribution in [3.05, 3.63) is 35.9 Å². The molecular weight excluding hydrogens is 214 g/mol. The maximum Gasteiger partial charge on any atom is 0.255 e. The highest BCUT2D eigenvalue weighted by Crippen LogP contribution is 2.20. The van der Waals surface area contributed by atoms with Gasteiger partial charge in [-0.2, -0.15) is 0 Å². The lowest BCUT2D eigenvalue weighted by Crippen LogP contribution is -2.27. The summed E-state index contributed by atoms with van der Waals surface area (Å²) in [7, 11) is 1.56. The molecule has 3 heteroatoms. The molecule has 0 heterocycles. The molecule has 92 valence electrons. The number of nitrogens with one attached hydrogen (secondary N) is 1. The van der Waals surface area contributed by atoms with Crippen LogP contribution >= 0.6 is 0 Å². The van der Waals surface area contributed by atoms with E-state index in [4.69, 9.17) is 4.74 Å². The molecule has 0 aliphatic heterocycles. The van der Waals surface area contributed by atoms with Gasteiger partial charge in [0.05, 0.1) is 12.7 Å². The van der Waals surface area contributed by atoms with Crippen molar-refractivity contribution < 1.29 is 9.53 Å². The standard InChI is InChI=1S/C14H19NO2/c1-5-11-6-7-12(13(8-11)17-4)14(16)15-9-10(2)3/h5-8,10H,1,9H2,2-4H3,(H,15,16). The molecule has 0 saturated carbocycles. The van der Waals surface area contributed by atoms with Crippen LogP contribution in [0.25, 0.3) is 6.08 Å². The van der Waals surface area contributed by atoms with Crippen LogP contribution < -0.4 is 10.1 Å². The van der Waals surface area contributed by atoms with Crippen LogP contribution in [0.3, 0.4) is 0 Å². The van der Waals surface area contributed by atoms with Gasteiger partial charge < -0.3 is 10.1 Å². The number of ether oxygens (including phenoxy) is 1. The third-order valence-corrected chi connectivity index (χ3v) is 2.38. The summed E-state index contributed by atoms with van der Waals surface area (Å²) < 4.78 is 5.21. The van der Waals surface area contributed by atoms with Gasteiger partial charge >= 0.3 is 0 Å². The fourth-order valence-corrected chi connectivity index (χ4v) is 1.41. The van der Waals surface area contributed by atoms with Gasteiger partial charge in [-0.1, -0.05) is 32.6 Å². The Balaban J connectivity index is 2.89. The van der Waals surface area contributed by atoms with E-state index in [1.807, 2.05) is 6.07 Å². The van der Waals surface area contributed by atoms with Gasteiger partial charge in [-0.3, -0.25) is 4.79 Å². The molecule has 0 fully saturated rings. The number of amides is 1. The second-order valence-electron chi connectivity index (χ2n) is 4.27. The van der Waals surface area contributed by atoms with Crippen LogP contribution in [-0.2, 0) is 0 Å². The third-order valence-electron chi connectivity index (χ3n) is 2.38. The first-order valence-electron chi connectivity index (χ1n) is 5.67. The van der Waals surface area contributed by atoms with Crippen molar-refractivity contribution in [3.8, 4) is 5.75 Å². The zero-order valence-electron chi connectivity index (χ0n) is 10.6. The Morgan fingerprint density at radius 1 is 1.53 bits per heavy atom. The molecule has 1 aromatic carbocycles. The highest BCUT2D eigenvalue weighted by Gasteiger charge is 2.12. The minimum Gasteiger partial charge on any atom is -0.496 e. The molecule has 0 bridgehead atoms. The largest absolute Gasteiger partial charge is 0.496 e. The molecule has 0 atom stereocenters. The molecule has 0 aromatic heterocycles. The normalized spacial score (nSPS) is 10.1. The summed E-state index contributed by atoms with van der Waals surface area (Å²) in [6, 6.07) is 5.41. The van der Waals surface area contributed by atoms with Gasteiger partial charge in [0.15, 0.2) is 0 Å². The zero-order chi connectivity index (χ0) is 12.8. The van der Waals surface area contributed by atoms with Crippen molar-refractivity contribution in [2.45, 2.75) is 13.8 Å². The topological polar surface area (TPSA) is 38.3 Å². The lowest BCUT2D eigenvalue weighted by Gasteiger charge is -2.11. The van der Waals surface area contributed by atoms with Crippen LogP contribution in [0.2, 0.25) is 0 Å². The Kier molecular flexibility index (Phi) is 4.76. The maximum absolute atomic E-state index is 11.9. The molecule has 0 spiro atoms. The number of carbonyl (C=O) groups excluding carboxylic acids is 1. The molecule has 1 rings (SSSR count). The van der Waals surface area contributed by atoms with E-state index in [9.17, 15) is 4.79 Å². The highest BCUT2D eigenvalue weighted by molar-refractivity contribution is 5.97. The van der Waals surface area contributed by atoms with Crippen molar-refractivity contribution >= 4 is 12.0 Å². The summed E-state index contributed by atoms with van der Waals surface area (Å²) in [5.74, 6) is 0.896. The van der Waals surface area contributed by atoms with Crippen molar-refractivity contribution in [2.24, 2.45) is 5.92 Å². The monoisotopic (exact) mass is 233 g/mol. The first-order valence-corrected chi connectivity index (χ1v) is 5.67. The fourth-order valence-electron chi connectivity index (χ4n) is 1.41. The lowest BCUT2D eigenvalue weighted by atomic mass is 10.1. The van der Waals surface area contributed by atoms with E-state index in [-0.39, 0.29) is 5.91 Å². The van der Waals surface area contributed by atoms with E-state index in [2.05, 4.69) is 25.7 Å². The molecule has 1 N–H and O–H groups in total. The van der Waals surface area contributed by atoms with E-state index in [0.717, 1.165) is 5.56 Å². The predicted molar refractivity (Wildman–Crippen MR) is 70.3 cm³/mol. The Labute approximate surface area is 102 Å². The molecule has 0 unspecified atom stereocenters. The van der Waals surface area contributed by atoms with Gasteiger partial charge in [0.25, 0.3) is 5.91 Å². The van der Waals surface area contributed by atoms with Gasteiger partial charge in [0.2, 0.25) is 0 Å². The van der Waals surface area contributed by atoms with Crippen LogP contribution in [0, 0.1) is 5.92 Å². The predicted octanol–water partition coefficient (Wildman–Crippen LogP) is 2.72. The van der Waals surface area contributed by atoms with E-state index in [1.165, 1.54) is 0 Å². The van der Waals surface area contributed by atoms with Crippen molar-refractivity contribution in [3.63, 3.8) is 0 Å². The van der Waals surface area contributed by atoms with Gasteiger partial charge in [0.1, 0.15) is 5.75 Å². The molecular formula is C14H19NO2. The number of benzene rings is 1. The summed E-state index contributed by atoms with van der Waals surface area (Å²) in [4.78, 5) is 11.9. The average molecular weight is 233 g/mol. The first kappa shape index (κ1) is 13.3. The van der Waals surface area contributed by atoms with E-state index < -0.39 is 0 Å². The molecule has 17 heavy (non-hydrogen) atoms. The molecule has 0 radical (unpaired) electrons. The molecule has 3 nitrogen and oxygen atoms in total. The van der Waals surface area contributed by atoms with Gasteiger partial charge in [-0.15, -0.1) is 0 Å². The number of hydrogen-bond donors (Lipinski definition) is 1. The van der Waals surface area contributed by atoms with Crippen molar-refractivity contribution in [1.29, 1.82) is 0 Å². The number of carbonyl (C=O) groups is 1. The fraction of sp³-hybridized carbons (Fsp3) is 0.357. The van der Waals surface area contributed by atoms with Crippen LogP contribution in [0.1, 0.15) is 29.8 Å². The minimum absolute atomic E-state index is 0.105. The summed E-state index contributed by atoms with van der Waals surface area (Å²) in [5.41, 5.74) is 1.49. The lowest BCUT2D eigenvalue weighted by molar-refractivity contribution is 0.0946. The van der Waals surface area contributed by atoms with Crippen LogP contribution in [-0.4, -0.2) is 19.6 Å². The van der Waals surface area contributed by atoms with Crippen molar-refractivity contribution in [2.75, 3.05) is 13.7 Å². The number of rotatable bonds is 5. The molecule has 1 amide bonds. The van der Waals surface area contributed by atoms with E-state index >= 15 is 0 Å².